The SMILES string of the molecule is Cc1nnc(OCC2CCNCC2)nc1C. The second kappa shape index (κ2) is 5.21. The van der Waals surface area contributed by atoms with E-state index in [1.807, 2.05) is 13.8 Å². The Bertz CT molecular complexity index is 350. The Morgan fingerprint density at radius 3 is 2.62 bits per heavy atom. The number of hydrogen-bond donors (Lipinski definition) is 1. The average molecular weight is 222 g/mol. The van der Waals surface area contributed by atoms with E-state index in [9.17, 15) is 0 Å². The van der Waals surface area contributed by atoms with Gasteiger partial charge in [0.2, 0.25) is 0 Å². The van der Waals surface area contributed by atoms with Crippen LogP contribution in [-0.2, 0) is 0 Å². The van der Waals surface area contributed by atoms with Gasteiger partial charge in [-0.15, -0.1) is 5.10 Å². The highest BCUT2D eigenvalue weighted by Crippen LogP contribution is 2.13. The van der Waals surface area contributed by atoms with Crippen LogP contribution in [0.2, 0.25) is 0 Å². The van der Waals surface area contributed by atoms with Crippen LogP contribution in [0.15, 0.2) is 0 Å². The Kier molecular flexibility index (Phi) is 3.66. The van der Waals surface area contributed by atoms with E-state index in [1.165, 1.54) is 0 Å². The van der Waals surface area contributed by atoms with E-state index < -0.39 is 0 Å². The van der Waals surface area contributed by atoms with Crippen LogP contribution >= 0.6 is 0 Å². The van der Waals surface area contributed by atoms with Crippen LogP contribution < -0.4 is 10.1 Å². The first-order valence-corrected chi connectivity index (χ1v) is 5.77. The van der Waals surface area contributed by atoms with E-state index in [4.69, 9.17) is 4.74 Å². The van der Waals surface area contributed by atoms with Crippen LogP contribution in [-0.4, -0.2) is 34.9 Å². The number of hydrogen-bond acceptors (Lipinski definition) is 5. The fourth-order valence-corrected chi connectivity index (χ4v) is 1.74. The molecule has 0 bridgehead atoms. The zero-order valence-corrected chi connectivity index (χ0v) is 9.86. The Hall–Kier alpha value is -1.23. The van der Waals surface area contributed by atoms with Gasteiger partial charge in [-0.1, -0.05) is 5.10 Å². The van der Waals surface area contributed by atoms with Crippen molar-refractivity contribution >= 4 is 0 Å². The van der Waals surface area contributed by atoms with Gasteiger partial charge in [0, 0.05) is 0 Å². The fraction of sp³-hybridized carbons (Fsp3) is 0.727. The molecule has 1 N–H and O–H groups in total. The Morgan fingerprint density at radius 1 is 1.19 bits per heavy atom. The summed E-state index contributed by atoms with van der Waals surface area (Å²) >= 11 is 0. The van der Waals surface area contributed by atoms with Gasteiger partial charge in [0.05, 0.1) is 18.0 Å². The summed E-state index contributed by atoms with van der Waals surface area (Å²) in [5.41, 5.74) is 1.74. The Balaban J connectivity index is 1.86. The summed E-state index contributed by atoms with van der Waals surface area (Å²) in [6, 6.07) is 0.404. The second-order valence-corrected chi connectivity index (χ2v) is 4.27. The molecule has 2 rings (SSSR count). The minimum Gasteiger partial charge on any atom is -0.462 e. The van der Waals surface area contributed by atoms with E-state index >= 15 is 0 Å². The maximum absolute atomic E-state index is 5.57. The highest BCUT2D eigenvalue weighted by atomic mass is 16.5. The summed E-state index contributed by atoms with van der Waals surface area (Å²) < 4.78 is 5.57. The highest BCUT2D eigenvalue weighted by Gasteiger charge is 2.14. The molecule has 1 aromatic rings. The third kappa shape index (κ3) is 2.88. The van der Waals surface area contributed by atoms with E-state index in [2.05, 4.69) is 20.5 Å². The van der Waals surface area contributed by atoms with Crippen LogP contribution in [0.5, 0.6) is 6.01 Å². The molecule has 1 fully saturated rings. The third-order valence-electron chi connectivity index (χ3n) is 2.98. The summed E-state index contributed by atoms with van der Waals surface area (Å²) in [4.78, 5) is 4.25. The number of ether oxygens (including phenoxy) is 1. The molecule has 1 aromatic heterocycles. The van der Waals surface area contributed by atoms with Gasteiger partial charge in [0.25, 0.3) is 0 Å². The monoisotopic (exact) mass is 222 g/mol. The largest absolute Gasteiger partial charge is 0.462 e. The Labute approximate surface area is 95.6 Å². The average Bonchev–Trinajstić information content (AvgIpc) is 2.32. The first-order valence-electron chi connectivity index (χ1n) is 5.77. The van der Waals surface area contributed by atoms with Crippen molar-refractivity contribution in [2.45, 2.75) is 26.7 Å². The maximum atomic E-state index is 5.57. The highest BCUT2D eigenvalue weighted by molar-refractivity contribution is 5.07. The molecule has 0 atom stereocenters. The maximum Gasteiger partial charge on any atom is 0.335 e. The number of nitrogens with one attached hydrogen (secondary N) is 1. The minimum atomic E-state index is 0.404. The standard InChI is InChI=1S/C11H18N4O/c1-8-9(2)14-15-11(13-8)16-7-10-3-5-12-6-4-10/h10,12H,3-7H2,1-2H3. The van der Waals surface area contributed by atoms with Crippen molar-refractivity contribution < 1.29 is 4.74 Å². The van der Waals surface area contributed by atoms with Gasteiger partial charge in [-0.2, -0.15) is 4.98 Å². The molecule has 0 spiro atoms. The van der Waals surface area contributed by atoms with E-state index in [0.29, 0.717) is 18.5 Å². The second-order valence-electron chi connectivity index (χ2n) is 4.27. The molecule has 1 saturated heterocycles. The molecule has 0 unspecified atom stereocenters. The van der Waals surface area contributed by atoms with Gasteiger partial charge in [-0.25, -0.2) is 0 Å². The smallest absolute Gasteiger partial charge is 0.335 e. The minimum absolute atomic E-state index is 0.404. The van der Waals surface area contributed by atoms with Gasteiger partial charge in [0.1, 0.15) is 0 Å². The van der Waals surface area contributed by atoms with Crippen LogP contribution in [0, 0.1) is 19.8 Å². The molecule has 16 heavy (non-hydrogen) atoms. The topological polar surface area (TPSA) is 59.9 Å². The molecule has 0 aliphatic carbocycles. The molecule has 5 nitrogen and oxygen atoms in total. The van der Waals surface area contributed by atoms with E-state index in [-0.39, 0.29) is 0 Å². The summed E-state index contributed by atoms with van der Waals surface area (Å²) in [7, 11) is 0. The van der Waals surface area contributed by atoms with Crippen LogP contribution in [0.3, 0.4) is 0 Å². The Morgan fingerprint density at radius 2 is 1.94 bits per heavy atom. The lowest BCUT2D eigenvalue weighted by Gasteiger charge is -2.21. The van der Waals surface area contributed by atoms with Crippen LogP contribution in [0.4, 0.5) is 0 Å². The summed E-state index contributed by atoms with van der Waals surface area (Å²) in [6.45, 7) is 6.68. The molecule has 0 saturated carbocycles. The molecule has 1 aliphatic rings. The molecule has 0 amide bonds. The molecular formula is C11H18N4O. The summed E-state index contributed by atoms with van der Waals surface area (Å²) in [5.74, 6) is 0.617. The van der Waals surface area contributed by atoms with Gasteiger partial charge in [-0.05, 0) is 45.7 Å². The lowest BCUT2D eigenvalue weighted by Crippen LogP contribution is -2.30. The summed E-state index contributed by atoms with van der Waals surface area (Å²) in [6.07, 6.45) is 2.33. The van der Waals surface area contributed by atoms with Crippen molar-refractivity contribution in [3.05, 3.63) is 11.4 Å². The van der Waals surface area contributed by atoms with Crippen molar-refractivity contribution in [3.8, 4) is 6.01 Å². The van der Waals surface area contributed by atoms with E-state index in [0.717, 1.165) is 37.3 Å². The zero-order chi connectivity index (χ0) is 11.4. The van der Waals surface area contributed by atoms with Gasteiger partial charge < -0.3 is 10.1 Å². The number of rotatable bonds is 3. The molecular weight excluding hydrogens is 204 g/mol. The lowest BCUT2D eigenvalue weighted by atomic mass is 9.99. The molecule has 0 aromatic carbocycles. The van der Waals surface area contributed by atoms with Gasteiger partial charge in [-0.3, -0.25) is 0 Å². The third-order valence-corrected chi connectivity index (χ3v) is 2.98. The van der Waals surface area contributed by atoms with Crippen molar-refractivity contribution in [1.29, 1.82) is 0 Å². The molecule has 5 heteroatoms. The van der Waals surface area contributed by atoms with Gasteiger partial charge in [0.15, 0.2) is 0 Å². The van der Waals surface area contributed by atoms with Crippen LogP contribution in [0.25, 0.3) is 0 Å². The first-order chi connectivity index (χ1) is 7.75. The molecule has 1 aliphatic heterocycles. The van der Waals surface area contributed by atoms with Crippen molar-refractivity contribution in [2.24, 2.45) is 5.92 Å². The molecule has 0 radical (unpaired) electrons. The quantitative estimate of drug-likeness (QED) is 0.822. The van der Waals surface area contributed by atoms with Crippen molar-refractivity contribution in [2.75, 3.05) is 19.7 Å². The fourth-order valence-electron chi connectivity index (χ4n) is 1.74. The summed E-state index contributed by atoms with van der Waals surface area (Å²) in [5, 5.41) is 11.2. The van der Waals surface area contributed by atoms with Crippen LogP contribution in [0.1, 0.15) is 24.2 Å². The molecule has 88 valence electrons. The normalized spacial score (nSPS) is 17.4. The first kappa shape index (κ1) is 11.3. The predicted molar refractivity (Wildman–Crippen MR) is 60.4 cm³/mol. The zero-order valence-electron chi connectivity index (χ0n) is 9.86. The number of piperidine rings is 1. The van der Waals surface area contributed by atoms with Crippen molar-refractivity contribution in [1.82, 2.24) is 20.5 Å². The number of nitrogens with zero attached hydrogens (tertiary/aromatic N) is 3. The number of aromatic nitrogens is 3. The van der Waals surface area contributed by atoms with Crippen molar-refractivity contribution in [3.63, 3.8) is 0 Å². The number of aryl methyl sites for hydroxylation is 2. The van der Waals surface area contributed by atoms with Gasteiger partial charge >= 0.3 is 6.01 Å². The molecule has 2 heterocycles. The van der Waals surface area contributed by atoms with E-state index in [1.54, 1.807) is 0 Å². The predicted octanol–water partition coefficient (Wildman–Crippen LogP) is 0.867. The lowest BCUT2D eigenvalue weighted by molar-refractivity contribution is 0.199.